The maximum atomic E-state index is 12.4. The first-order valence-electron chi connectivity index (χ1n) is 6.76. The van der Waals surface area contributed by atoms with Gasteiger partial charge in [0, 0.05) is 13.1 Å². The Bertz CT molecular complexity index is 492. The fraction of sp³-hybridized carbons (Fsp3) is 0.467. The minimum absolute atomic E-state index is 0.0818. The third-order valence-electron chi connectivity index (χ3n) is 3.84. The molecule has 1 saturated heterocycles. The Morgan fingerprint density at radius 3 is 2.70 bits per heavy atom. The molecule has 1 aromatic rings. The Morgan fingerprint density at radius 2 is 2.05 bits per heavy atom. The number of carbonyl (C=O) groups excluding carboxylic acids is 2. The van der Waals surface area contributed by atoms with Crippen LogP contribution in [-0.4, -0.2) is 34.7 Å². The fourth-order valence-corrected chi connectivity index (χ4v) is 2.78. The second-order valence-electron chi connectivity index (χ2n) is 5.22. The topological polar surface area (TPSA) is 49.4 Å². The van der Waals surface area contributed by atoms with Crippen molar-refractivity contribution in [1.82, 2.24) is 10.2 Å². The lowest BCUT2D eigenvalue weighted by Gasteiger charge is -2.33. The van der Waals surface area contributed by atoms with Crippen LogP contribution in [0.1, 0.15) is 25.3 Å². The van der Waals surface area contributed by atoms with Crippen molar-refractivity contribution in [3.63, 3.8) is 0 Å². The predicted octanol–water partition coefficient (Wildman–Crippen LogP) is 1.92. The zero-order valence-corrected chi connectivity index (χ0v) is 12.3. The Morgan fingerprint density at radius 1 is 1.35 bits per heavy atom. The van der Waals surface area contributed by atoms with Gasteiger partial charge >= 0.3 is 0 Å². The standard InChI is InChI=1S/C15H19ClN2O2/c1-15(8-5-9-18(15)13(19)10-16)14(20)17-11-12-6-3-2-4-7-12/h2-4,6-7H,5,8-11H2,1H3,(H,17,20). The van der Waals surface area contributed by atoms with Crippen molar-refractivity contribution in [2.45, 2.75) is 31.8 Å². The van der Waals surface area contributed by atoms with Crippen molar-refractivity contribution < 1.29 is 9.59 Å². The molecule has 1 aromatic carbocycles. The van der Waals surface area contributed by atoms with Gasteiger partial charge in [-0.2, -0.15) is 0 Å². The number of hydrogen-bond donors (Lipinski definition) is 1. The van der Waals surface area contributed by atoms with Gasteiger partial charge in [0.1, 0.15) is 11.4 Å². The lowest BCUT2D eigenvalue weighted by molar-refractivity contribution is -0.142. The smallest absolute Gasteiger partial charge is 0.245 e. The van der Waals surface area contributed by atoms with E-state index in [1.54, 1.807) is 4.90 Å². The molecular weight excluding hydrogens is 276 g/mol. The van der Waals surface area contributed by atoms with Crippen molar-refractivity contribution in [2.24, 2.45) is 0 Å². The summed E-state index contributed by atoms with van der Waals surface area (Å²) in [5.41, 5.74) is 0.262. The van der Waals surface area contributed by atoms with Gasteiger partial charge in [0.05, 0.1) is 0 Å². The van der Waals surface area contributed by atoms with Crippen LogP contribution in [0, 0.1) is 0 Å². The second-order valence-corrected chi connectivity index (χ2v) is 5.49. The number of halogens is 1. The highest BCUT2D eigenvalue weighted by atomic mass is 35.5. The molecule has 4 nitrogen and oxygen atoms in total. The van der Waals surface area contributed by atoms with Gasteiger partial charge in [-0.1, -0.05) is 30.3 Å². The summed E-state index contributed by atoms with van der Waals surface area (Å²) in [4.78, 5) is 25.8. The van der Waals surface area contributed by atoms with E-state index in [0.717, 1.165) is 12.0 Å². The van der Waals surface area contributed by atoms with E-state index >= 15 is 0 Å². The van der Waals surface area contributed by atoms with Crippen molar-refractivity contribution in [1.29, 1.82) is 0 Å². The molecule has 1 aliphatic rings. The Hall–Kier alpha value is -1.55. The fourth-order valence-electron chi connectivity index (χ4n) is 2.64. The Balaban J connectivity index is 2.02. The highest BCUT2D eigenvalue weighted by Crippen LogP contribution is 2.29. The first-order chi connectivity index (χ1) is 9.58. The summed E-state index contributed by atoms with van der Waals surface area (Å²) >= 11 is 5.61. The lowest BCUT2D eigenvalue weighted by atomic mass is 9.97. The van der Waals surface area contributed by atoms with E-state index in [9.17, 15) is 9.59 Å². The molecule has 0 saturated carbocycles. The normalized spacial score (nSPS) is 21.8. The SMILES string of the molecule is CC1(C(=O)NCc2ccccc2)CCCN1C(=O)CCl. The van der Waals surface area contributed by atoms with Crippen LogP contribution in [-0.2, 0) is 16.1 Å². The number of nitrogens with one attached hydrogen (secondary N) is 1. The van der Waals surface area contributed by atoms with Gasteiger partial charge in [0.25, 0.3) is 0 Å². The minimum Gasteiger partial charge on any atom is -0.350 e. The molecular formula is C15H19ClN2O2. The number of carbonyl (C=O) groups is 2. The van der Waals surface area contributed by atoms with Gasteiger partial charge in [0.15, 0.2) is 0 Å². The molecule has 0 bridgehead atoms. The molecule has 2 rings (SSSR count). The average molecular weight is 295 g/mol. The van der Waals surface area contributed by atoms with Gasteiger partial charge in [-0.15, -0.1) is 11.6 Å². The van der Waals surface area contributed by atoms with E-state index in [4.69, 9.17) is 11.6 Å². The Kier molecular flexibility index (Phi) is 4.65. The molecule has 108 valence electrons. The van der Waals surface area contributed by atoms with E-state index in [1.807, 2.05) is 37.3 Å². The zero-order valence-electron chi connectivity index (χ0n) is 11.6. The monoisotopic (exact) mass is 294 g/mol. The molecule has 1 fully saturated rings. The second kappa shape index (κ2) is 6.27. The van der Waals surface area contributed by atoms with Crippen LogP contribution in [0.4, 0.5) is 0 Å². The van der Waals surface area contributed by atoms with Crippen LogP contribution < -0.4 is 5.32 Å². The number of alkyl halides is 1. The van der Waals surface area contributed by atoms with Crippen LogP contribution in [0.25, 0.3) is 0 Å². The molecule has 1 unspecified atom stereocenters. The van der Waals surface area contributed by atoms with Crippen LogP contribution >= 0.6 is 11.6 Å². The third-order valence-corrected chi connectivity index (χ3v) is 4.07. The average Bonchev–Trinajstić information content (AvgIpc) is 2.88. The number of likely N-dealkylation sites (tertiary alicyclic amines) is 1. The molecule has 1 atom stereocenters. The summed E-state index contributed by atoms with van der Waals surface area (Å²) in [5.74, 6) is -0.375. The molecule has 0 radical (unpaired) electrons. The summed E-state index contributed by atoms with van der Waals surface area (Å²) in [6, 6.07) is 9.71. The summed E-state index contributed by atoms with van der Waals surface area (Å²) in [6.45, 7) is 2.88. The number of rotatable bonds is 4. The van der Waals surface area contributed by atoms with Crippen molar-refractivity contribution >= 4 is 23.4 Å². The summed E-state index contributed by atoms with van der Waals surface area (Å²) in [5, 5.41) is 2.91. The molecule has 5 heteroatoms. The van der Waals surface area contributed by atoms with Crippen molar-refractivity contribution in [2.75, 3.05) is 12.4 Å². The third kappa shape index (κ3) is 2.96. The minimum atomic E-state index is -0.777. The van der Waals surface area contributed by atoms with E-state index in [1.165, 1.54) is 0 Å². The molecule has 20 heavy (non-hydrogen) atoms. The van der Waals surface area contributed by atoms with Crippen LogP contribution in [0.3, 0.4) is 0 Å². The Labute approximate surface area is 124 Å². The maximum Gasteiger partial charge on any atom is 0.245 e. The highest BCUT2D eigenvalue weighted by Gasteiger charge is 2.45. The maximum absolute atomic E-state index is 12.4. The summed E-state index contributed by atoms with van der Waals surface area (Å²) in [7, 11) is 0. The first kappa shape index (κ1) is 14.9. The van der Waals surface area contributed by atoms with Crippen LogP contribution in [0.5, 0.6) is 0 Å². The molecule has 0 aromatic heterocycles. The van der Waals surface area contributed by atoms with Gasteiger partial charge in [-0.05, 0) is 25.3 Å². The number of hydrogen-bond acceptors (Lipinski definition) is 2. The molecule has 1 heterocycles. The quantitative estimate of drug-likeness (QED) is 0.863. The molecule has 1 aliphatic heterocycles. The highest BCUT2D eigenvalue weighted by molar-refractivity contribution is 6.27. The van der Waals surface area contributed by atoms with Gasteiger partial charge in [0.2, 0.25) is 11.8 Å². The van der Waals surface area contributed by atoms with Gasteiger partial charge in [-0.3, -0.25) is 9.59 Å². The molecule has 2 amide bonds. The van der Waals surface area contributed by atoms with E-state index in [2.05, 4.69) is 5.32 Å². The summed E-state index contributed by atoms with van der Waals surface area (Å²) in [6.07, 6.45) is 1.51. The number of amides is 2. The van der Waals surface area contributed by atoms with Crippen molar-refractivity contribution in [3.05, 3.63) is 35.9 Å². The van der Waals surface area contributed by atoms with E-state index in [0.29, 0.717) is 19.5 Å². The predicted molar refractivity (Wildman–Crippen MR) is 78.4 cm³/mol. The van der Waals surface area contributed by atoms with Crippen LogP contribution in [0.15, 0.2) is 30.3 Å². The number of nitrogens with zero attached hydrogens (tertiary/aromatic N) is 1. The van der Waals surface area contributed by atoms with Crippen molar-refractivity contribution in [3.8, 4) is 0 Å². The molecule has 1 N–H and O–H groups in total. The summed E-state index contributed by atoms with van der Waals surface area (Å²) < 4.78 is 0. The van der Waals surface area contributed by atoms with Gasteiger partial charge < -0.3 is 10.2 Å². The molecule has 0 aliphatic carbocycles. The zero-order chi connectivity index (χ0) is 14.6. The largest absolute Gasteiger partial charge is 0.350 e. The molecule has 0 spiro atoms. The first-order valence-corrected chi connectivity index (χ1v) is 7.30. The lowest BCUT2D eigenvalue weighted by Crippen LogP contribution is -2.55. The van der Waals surface area contributed by atoms with Crippen LogP contribution in [0.2, 0.25) is 0 Å². The van der Waals surface area contributed by atoms with E-state index in [-0.39, 0.29) is 17.7 Å². The van der Waals surface area contributed by atoms with Gasteiger partial charge in [-0.25, -0.2) is 0 Å². The van der Waals surface area contributed by atoms with E-state index < -0.39 is 5.54 Å². The number of benzene rings is 1.